The van der Waals surface area contributed by atoms with Crippen molar-refractivity contribution in [2.45, 2.75) is 0 Å². The lowest BCUT2D eigenvalue weighted by atomic mass is 9.97. The molecule has 0 fully saturated rings. The Kier molecular flexibility index (Phi) is 6.57. The summed E-state index contributed by atoms with van der Waals surface area (Å²) < 4.78 is 11.8. The van der Waals surface area contributed by atoms with Crippen LogP contribution in [0.25, 0.3) is 89.3 Å². The number of furan rings is 1. The quantitative estimate of drug-likeness (QED) is 0.179. The summed E-state index contributed by atoms with van der Waals surface area (Å²) in [7, 11) is 0. The smallest absolute Gasteiger partial charge is 0.145 e. The Morgan fingerprint density at radius 3 is 1.48 bits per heavy atom. The molecule has 0 aliphatic heterocycles. The van der Waals surface area contributed by atoms with Crippen LogP contribution in [0.2, 0.25) is 0 Å². The predicted molar refractivity (Wildman–Crippen MR) is 207 cm³/mol. The van der Waals surface area contributed by atoms with Crippen molar-refractivity contribution in [3.05, 3.63) is 168 Å². The number of halogens is 1. The molecule has 3 aromatic heterocycles. The number of para-hydroxylation sites is 6. The van der Waals surface area contributed by atoms with Crippen molar-refractivity contribution in [1.29, 1.82) is 0 Å². The lowest BCUT2D eigenvalue weighted by Crippen LogP contribution is -2.00. The molecular weight excluding hydrogens is 680 g/mol. The van der Waals surface area contributed by atoms with Crippen molar-refractivity contribution in [1.82, 2.24) is 19.1 Å². The van der Waals surface area contributed by atoms with E-state index in [1.54, 1.807) is 0 Å². The van der Waals surface area contributed by atoms with Crippen LogP contribution in [0.15, 0.2) is 173 Å². The third-order valence-corrected chi connectivity index (χ3v) is 9.86. The van der Waals surface area contributed by atoms with E-state index in [1.165, 1.54) is 0 Å². The lowest BCUT2D eigenvalue weighted by Gasteiger charge is -2.14. The molecule has 0 radical (unpaired) electrons. The van der Waals surface area contributed by atoms with Crippen molar-refractivity contribution in [2.75, 3.05) is 0 Å². The molecule has 0 unspecified atom stereocenters. The SMILES string of the molecule is Brc1ccc2oc3ccc(-c4cc(-c5nc6ccccc6n5-c5ccccc5)cc(-c5nc6ccccc6n5-c5ccccc5)c4)cc3c2c1. The van der Waals surface area contributed by atoms with Gasteiger partial charge < -0.3 is 4.42 Å². The molecule has 0 saturated heterocycles. The minimum Gasteiger partial charge on any atom is -0.456 e. The van der Waals surface area contributed by atoms with Crippen LogP contribution in [-0.4, -0.2) is 19.1 Å². The monoisotopic (exact) mass is 706 g/mol. The number of aromatic nitrogens is 4. The molecule has 10 rings (SSSR count). The van der Waals surface area contributed by atoms with E-state index in [2.05, 4.69) is 152 Å². The summed E-state index contributed by atoms with van der Waals surface area (Å²) in [6.45, 7) is 0. The zero-order valence-electron chi connectivity index (χ0n) is 26.7. The third-order valence-electron chi connectivity index (χ3n) is 9.36. The highest BCUT2D eigenvalue weighted by atomic mass is 79.9. The summed E-state index contributed by atoms with van der Waals surface area (Å²) in [5.41, 5.74) is 11.9. The van der Waals surface area contributed by atoms with E-state index in [0.717, 1.165) is 93.8 Å². The molecule has 5 nitrogen and oxygen atoms in total. The molecule has 10 aromatic rings. The molecule has 0 aliphatic carbocycles. The predicted octanol–water partition coefficient (Wildman–Crippen LogP) is 12.0. The van der Waals surface area contributed by atoms with Crippen LogP contribution in [0.4, 0.5) is 0 Å². The standard InChI is InChI=1S/C44H27BrN4O/c45-32-20-22-42-36(27-32)35-26-28(19-21-41(35)50-42)29-23-30(43-46-37-15-7-9-17-39(37)48(43)33-11-3-1-4-12-33)25-31(24-29)44-47-38-16-8-10-18-40(38)49(44)34-13-5-2-6-14-34/h1-27H. The summed E-state index contributed by atoms with van der Waals surface area (Å²) >= 11 is 3.66. The summed E-state index contributed by atoms with van der Waals surface area (Å²) in [6.07, 6.45) is 0. The van der Waals surface area contributed by atoms with Gasteiger partial charge in [0.15, 0.2) is 0 Å². The number of hydrogen-bond acceptors (Lipinski definition) is 3. The van der Waals surface area contributed by atoms with Gasteiger partial charge in [-0.3, -0.25) is 9.13 Å². The first-order valence-corrected chi connectivity index (χ1v) is 17.3. The van der Waals surface area contributed by atoms with Gasteiger partial charge in [-0.2, -0.15) is 0 Å². The van der Waals surface area contributed by atoms with Gasteiger partial charge in [-0.1, -0.05) is 82.7 Å². The number of rotatable bonds is 5. The van der Waals surface area contributed by atoms with Gasteiger partial charge in [-0.05, 0) is 108 Å². The first-order chi connectivity index (χ1) is 24.7. The van der Waals surface area contributed by atoms with E-state index in [-0.39, 0.29) is 0 Å². The average Bonchev–Trinajstić information content (AvgIpc) is 3.87. The van der Waals surface area contributed by atoms with Gasteiger partial charge in [0.05, 0.1) is 22.1 Å². The van der Waals surface area contributed by atoms with Crippen LogP contribution in [0.5, 0.6) is 0 Å². The number of hydrogen-bond donors (Lipinski definition) is 0. The Balaban J connectivity index is 1.28. The maximum Gasteiger partial charge on any atom is 0.145 e. The third kappa shape index (κ3) is 4.68. The molecule has 50 heavy (non-hydrogen) atoms. The van der Waals surface area contributed by atoms with Crippen molar-refractivity contribution < 1.29 is 4.42 Å². The normalized spacial score (nSPS) is 11.7. The van der Waals surface area contributed by atoms with Gasteiger partial charge in [0.25, 0.3) is 0 Å². The molecule has 0 amide bonds. The Bertz CT molecular complexity index is 2750. The van der Waals surface area contributed by atoms with Crippen LogP contribution >= 0.6 is 15.9 Å². The molecule has 0 saturated carbocycles. The Morgan fingerprint density at radius 2 is 0.900 bits per heavy atom. The highest BCUT2D eigenvalue weighted by molar-refractivity contribution is 9.10. The van der Waals surface area contributed by atoms with Crippen molar-refractivity contribution in [3.63, 3.8) is 0 Å². The molecule has 236 valence electrons. The molecule has 0 atom stereocenters. The Labute approximate surface area is 295 Å². The molecule has 6 heteroatoms. The van der Waals surface area contributed by atoms with E-state index < -0.39 is 0 Å². The summed E-state index contributed by atoms with van der Waals surface area (Å²) in [6, 6.07) is 56.9. The Hall–Kier alpha value is -6.24. The van der Waals surface area contributed by atoms with E-state index in [4.69, 9.17) is 14.4 Å². The van der Waals surface area contributed by atoms with E-state index in [1.807, 2.05) is 36.4 Å². The molecule has 7 aromatic carbocycles. The second-order valence-electron chi connectivity index (χ2n) is 12.4. The molecule has 0 spiro atoms. The largest absolute Gasteiger partial charge is 0.456 e. The number of benzene rings is 7. The Morgan fingerprint density at radius 1 is 0.420 bits per heavy atom. The average molecular weight is 708 g/mol. The van der Waals surface area contributed by atoms with Crippen LogP contribution < -0.4 is 0 Å². The first kappa shape index (κ1) is 28.7. The van der Waals surface area contributed by atoms with Crippen LogP contribution in [0.3, 0.4) is 0 Å². The zero-order valence-corrected chi connectivity index (χ0v) is 28.2. The van der Waals surface area contributed by atoms with Crippen molar-refractivity contribution in [2.24, 2.45) is 0 Å². The van der Waals surface area contributed by atoms with Gasteiger partial charge in [0, 0.05) is 37.7 Å². The van der Waals surface area contributed by atoms with E-state index >= 15 is 0 Å². The van der Waals surface area contributed by atoms with Gasteiger partial charge >= 0.3 is 0 Å². The summed E-state index contributed by atoms with van der Waals surface area (Å²) in [4.78, 5) is 10.5. The molecule has 0 N–H and O–H groups in total. The van der Waals surface area contributed by atoms with Crippen molar-refractivity contribution in [3.8, 4) is 45.3 Å². The lowest BCUT2D eigenvalue weighted by molar-refractivity contribution is 0.669. The minimum atomic E-state index is 0.856. The van der Waals surface area contributed by atoms with Crippen LogP contribution in [0.1, 0.15) is 0 Å². The fourth-order valence-corrected chi connectivity index (χ4v) is 7.46. The second-order valence-corrected chi connectivity index (χ2v) is 13.4. The highest BCUT2D eigenvalue weighted by Gasteiger charge is 2.20. The number of fused-ring (bicyclic) bond motifs is 5. The van der Waals surface area contributed by atoms with E-state index in [9.17, 15) is 0 Å². The number of nitrogens with zero attached hydrogens (tertiary/aromatic N) is 4. The van der Waals surface area contributed by atoms with Crippen LogP contribution in [0, 0.1) is 0 Å². The van der Waals surface area contributed by atoms with Gasteiger partial charge in [-0.15, -0.1) is 0 Å². The topological polar surface area (TPSA) is 48.8 Å². The number of imidazole rings is 2. The van der Waals surface area contributed by atoms with E-state index in [0.29, 0.717) is 0 Å². The van der Waals surface area contributed by atoms with Gasteiger partial charge in [-0.25, -0.2) is 9.97 Å². The highest BCUT2D eigenvalue weighted by Crippen LogP contribution is 2.39. The maximum absolute atomic E-state index is 6.23. The minimum absolute atomic E-state index is 0.856. The molecular formula is C44H27BrN4O. The molecule has 0 bridgehead atoms. The zero-order chi connectivity index (χ0) is 33.2. The second kappa shape index (κ2) is 11.4. The van der Waals surface area contributed by atoms with Gasteiger partial charge in [0.2, 0.25) is 0 Å². The maximum atomic E-state index is 6.23. The molecule has 3 heterocycles. The first-order valence-electron chi connectivity index (χ1n) is 16.5. The van der Waals surface area contributed by atoms with Crippen molar-refractivity contribution >= 4 is 59.9 Å². The fraction of sp³-hybridized carbons (Fsp3) is 0. The van der Waals surface area contributed by atoms with Crippen LogP contribution in [-0.2, 0) is 0 Å². The van der Waals surface area contributed by atoms with Gasteiger partial charge in [0.1, 0.15) is 22.8 Å². The fourth-order valence-electron chi connectivity index (χ4n) is 7.10. The molecule has 0 aliphatic rings. The summed E-state index contributed by atoms with van der Waals surface area (Å²) in [5, 5.41) is 2.14. The summed E-state index contributed by atoms with van der Waals surface area (Å²) in [5.74, 6) is 1.73.